The number of rotatable bonds is 11. The van der Waals surface area contributed by atoms with Crippen molar-refractivity contribution in [3.05, 3.63) is 29.8 Å². The molecule has 6 nitrogen and oxygen atoms in total. The van der Waals surface area contributed by atoms with Crippen LogP contribution in [0.4, 0.5) is 0 Å². The summed E-state index contributed by atoms with van der Waals surface area (Å²) in [4.78, 5) is 18.6. The van der Waals surface area contributed by atoms with Gasteiger partial charge in [-0.15, -0.1) is 0 Å². The Hall–Kier alpha value is -0.480. The molecule has 8 heteroatoms. The number of benzene rings is 1. The fraction of sp³-hybridized carbons (Fsp3) is 0.700. The van der Waals surface area contributed by atoms with Gasteiger partial charge < -0.3 is 14.3 Å². The van der Waals surface area contributed by atoms with E-state index in [-0.39, 0.29) is 12.6 Å². The lowest BCUT2D eigenvalue weighted by Gasteiger charge is -2.45. The normalized spacial score (nSPS) is 13.2. The highest BCUT2D eigenvalue weighted by atomic mass is 31.2. The van der Waals surface area contributed by atoms with Crippen LogP contribution in [0.25, 0.3) is 0 Å². The van der Waals surface area contributed by atoms with Crippen molar-refractivity contribution in [2.24, 2.45) is 0 Å². The molecule has 1 rings (SSSR count). The molecule has 0 spiro atoms. The van der Waals surface area contributed by atoms with Crippen molar-refractivity contribution in [3.63, 3.8) is 0 Å². The third-order valence-corrected chi connectivity index (χ3v) is 8.14. The van der Waals surface area contributed by atoms with Gasteiger partial charge in [0.05, 0.1) is 6.16 Å². The molecule has 0 aliphatic rings. The lowest BCUT2D eigenvalue weighted by Crippen LogP contribution is -2.44. The molecule has 0 saturated heterocycles. The molecule has 0 aromatic heterocycles. The Bertz CT molecular complexity index is 611. The summed E-state index contributed by atoms with van der Waals surface area (Å²) in [7, 11) is -5.16. The van der Waals surface area contributed by atoms with Gasteiger partial charge in [-0.3, -0.25) is 4.57 Å². The molecule has 0 heterocycles. The summed E-state index contributed by atoms with van der Waals surface area (Å²) >= 11 is 0. The van der Waals surface area contributed by atoms with E-state index in [4.69, 9.17) is 4.52 Å². The molecule has 0 unspecified atom stereocenters. The summed E-state index contributed by atoms with van der Waals surface area (Å²) in [6.07, 6.45) is 0.109. The van der Waals surface area contributed by atoms with Crippen LogP contribution in [0.5, 0.6) is 5.75 Å². The van der Waals surface area contributed by atoms with E-state index >= 15 is 0 Å². The minimum atomic E-state index is -4.06. The van der Waals surface area contributed by atoms with Crippen LogP contribution < -0.4 is 4.52 Å². The largest absolute Gasteiger partial charge is 0.444 e. The Balaban J connectivity index is 3.32. The molecular weight excluding hydrogens is 394 g/mol. The molecule has 0 aliphatic heterocycles. The number of hydrogen-bond donors (Lipinski definition) is 2. The third kappa shape index (κ3) is 7.74. The van der Waals surface area contributed by atoms with Crippen molar-refractivity contribution in [1.29, 1.82) is 0 Å². The van der Waals surface area contributed by atoms with E-state index in [1.807, 2.05) is 24.3 Å². The second-order valence-electron chi connectivity index (χ2n) is 8.23. The first-order valence-corrected chi connectivity index (χ1v) is 13.0. The summed E-state index contributed by atoms with van der Waals surface area (Å²) in [6, 6.07) is 8.79. The van der Waals surface area contributed by atoms with E-state index < -0.39 is 16.0 Å². The third-order valence-electron chi connectivity index (χ3n) is 4.34. The van der Waals surface area contributed by atoms with Gasteiger partial charge in [-0.25, -0.2) is 9.34 Å². The molecule has 0 amide bonds. The van der Waals surface area contributed by atoms with Crippen molar-refractivity contribution in [3.8, 4) is 5.75 Å². The lowest BCUT2D eigenvalue weighted by atomic mass is 10.1. The fourth-order valence-corrected chi connectivity index (χ4v) is 6.24. The SMILES string of the molecule is CC(C)N(C(C)C)P(Oc1ccccc1CCP(=O)(O)O)N(C(C)C)C(C)C. The Kier molecular flexibility index (Phi) is 10.1. The Morgan fingerprint density at radius 3 is 1.71 bits per heavy atom. The molecule has 1 aromatic carbocycles. The Morgan fingerprint density at radius 2 is 1.32 bits per heavy atom. The van der Waals surface area contributed by atoms with Crippen LogP contribution in [0.1, 0.15) is 61.0 Å². The zero-order valence-electron chi connectivity index (χ0n) is 18.5. The zero-order valence-corrected chi connectivity index (χ0v) is 20.3. The molecule has 162 valence electrons. The molecule has 0 fully saturated rings. The van der Waals surface area contributed by atoms with Crippen LogP contribution in [0.2, 0.25) is 0 Å². The fourth-order valence-electron chi connectivity index (χ4n) is 3.35. The highest BCUT2D eigenvalue weighted by Gasteiger charge is 2.36. The smallest absolute Gasteiger partial charge is 0.325 e. The van der Waals surface area contributed by atoms with E-state index in [1.54, 1.807) is 0 Å². The second kappa shape index (κ2) is 11.1. The van der Waals surface area contributed by atoms with Gasteiger partial charge in [0.15, 0.2) is 0 Å². The topological polar surface area (TPSA) is 73.2 Å². The Morgan fingerprint density at radius 1 is 0.893 bits per heavy atom. The summed E-state index contributed by atoms with van der Waals surface area (Å²) < 4.78 is 22.8. The van der Waals surface area contributed by atoms with Crippen LogP contribution >= 0.6 is 16.0 Å². The summed E-state index contributed by atoms with van der Waals surface area (Å²) in [5.74, 6) is 0.708. The van der Waals surface area contributed by atoms with Crippen molar-refractivity contribution in [1.82, 2.24) is 9.34 Å². The number of para-hydroxylation sites is 1. The van der Waals surface area contributed by atoms with Crippen LogP contribution in [-0.4, -0.2) is 49.5 Å². The summed E-state index contributed by atoms with van der Waals surface area (Å²) in [5, 5.41) is 0. The van der Waals surface area contributed by atoms with Crippen molar-refractivity contribution in [2.75, 3.05) is 6.16 Å². The van der Waals surface area contributed by atoms with Gasteiger partial charge in [0.2, 0.25) is 8.45 Å². The van der Waals surface area contributed by atoms with Crippen LogP contribution in [0.15, 0.2) is 24.3 Å². The molecule has 0 saturated carbocycles. The standard InChI is InChI=1S/C20H38N2O4P2/c1-15(2)21(16(3)4)27(22(17(5)6)18(7)8)26-20-12-10-9-11-19(20)13-14-28(23,24)25/h9-12,15-18H,13-14H2,1-8H3,(H2,23,24,25). The average Bonchev–Trinajstić information content (AvgIpc) is 2.51. The monoisotopic (exact) mass is 432 g/mol. The van der Waals surface area contributed by atoms with Gasteiger partial charge in [-0.2, -0.15) is 0 Å². The molecule has 0 atom stereocenters. The molecule has 0 bridgehead atoms. The van der Waals surface area contributed by atoms with E-state index in [9.17, 15) is 14.4 Å². The molecule has 0 radical (unpaired) electrons. The first-order chi connectivity index (χ1) is 12.8. The second-order valence-corrected chi connectivity index (χ2v) is 11.6. The predicted molar refractivity (Wildman–Crippen MR) is 119 cm³/mol. The quantitative estimate of drug-likeness (QED) is 0.465. The molecular formula is C20H38N2O4P2. The maximum Gasteiger partial charge on any atom is 0.325 e. The lowest BCUT2D eigenvalue weighted by molar-refractivity contribution is 0.225. The molecule has 0 aliphatic carbocycles. The first kappa shape index (κ1) is 25.6. The number of hydrogen-bond acceptors (Lipinski definition) is 4. The van der Waals surface area contributed by atoms with Gasteiger partial charge in [-0.05, 0) is 73.4 Å². The number of aryl methyl sites for hydroxylation is 1. The average molecular weight is 432 g/mol. The molecule has 2 N–H and O–H groups in total. The number of nitrogens with zero attached hydrogens (tertiary/aromatic N) is 2. The van der Waals surface area contributed by atoms with Crippen molar-refractivity contribution < 1.29 is 18.9 Å². The van der Waals surface area contributed by atoms with Gasteiger partial charge >= 0.3 is 7.60 Å². The molecule has 28 heavy (non-hydrogen) atoms. The predicted octanol–water partition coefficient (Wildman–Crippen LogP) is 5.25. The van der Waals surface area contributed by atoms with Crippen molar-refractivity contribution >= 4 is 16.0 Å². The van der Waals surface area contributed by atoms with E-state index in [0.717, 1.165) is 5.56 Å². The highest BCUT2D eigenvalue weighted by Crippen LogP contribution is 2.51. The Labute approximate surface area is 172 Å². The highest BCUT2D eigenvalue weighted by molar-refractivity contribution is 7.51. The minimum absolute atomic E-state index is 0.179. The summed E-state index contributed by atoms with van der Waals surface area (Å²) in [6.45, 7) is 17.4. The maximum absolute atomic E-state index is 11.4. The van der Waals surface area contributed by atoms with Crippen LogP contribution in [-0.2, 0) is 11.0 Å². The van der Waals surface area contributed by atoms with Gasteiger partial charge in [-0.1, -0.05) is 18.2 Å². The van der Waals surface area contributed by atoms with Gasteiger partial charge in [0.1, 0.15) is 5.75 Å². The van der Waals surface area contributed by atoms with Crippen molar-refractivity contribution in [2.45, 2.75) is 86.0 Å². The first-order valence-electron chi connectivity index (χ1n) is 10.0. The maximum atomic E-state index is 11.4. The van der Waals surface area contributed by atoms with Gasteiger partial charge in [0, 0.05) is 24.2 Å². The van der Waals surface area contributed by atoms with E-state index in [1.165, 1.54) is 0 Å². The van der Waals surface area contributed by atoms with Crippen LogP contribution in [0, 0.1) is 0 Å². The van der Waals surface area contributed by atoms with Crippen LogP contribution in [0.3, 0.4) is 0 Å². The summed E-state index contributed by atoms with van der Waals surface area (Å²) in [5.41, 5.74) is 0.832. The minimum Gasteiger partial charge on any atom is -0.444 e. The molecule has 1 aromatic rings. The van der Waals surface area contributed by atoms with E-state index in [0.29, 0.717) is 29.9 Å². The van der Waals surface area contributed by atoms with Gasteiger partial charge in [0.25, 0.3) is 0 Å². The zero-order chi connectivity index (χ0) is 21.6. The van der Waals surface area contributed by atoms with E-state index in [2.05, 4.69) is 64.7 Å².